The Kier molecular flexibility index (Phi) is 3.22. The first-order valence-electron chi connectivity index (χ1n) is 2.25. The molecule has 42 valence electrons. The fourth-order valence-electron chi connectivity index (χ4n) is 0.446. The van der Waals surface area contributed by atoms with Gasteiger partial charge in [-0.3, -0.25) is 0 Å². The van der Waals surface area contributed by atoms with Gasteiger partial charge in [0, 0.05) is 0 Å². The molecule has 1 aromatic carbocycles. The van der Waals surface area contributed by atoms with Crippen molar-refractivity contribution in [2.45, 2.75) is 0 Å². The maximum Gasteiger partial charge on any atom is 1.00 e. The van der Waals surface area contributed by atoms with E-state index in [4.69, 9.17) is 5.11 Å². The normalized spacial score (nSPS) is 8.00. The van der Waals surface area contributed by atoms with Gasteiger partial charge in [0.2, 0.25) is 0 Å². The summed E-state index contributed by atoms with van der Waals surface area (Å²) in [5.41, 5.74) is 0. The summed E-state index contributed by atoms with van der Waals surface area (Å²) in [5.74, 6) is 0.0485. The molecule has 1 aromatic rings. The molecule has 0 amide bonds. The van der Waals surface area contributed by atoms with Crippen molar-refractivity contribution in [1.29, 1.82) is 0 Å². The summed E-state index contributed by atoms with van der Waals surface area (Å²) in [6, 6.07) is 5.36. The van der Waals surface area contributed by atoms with Crippen molar-refractivity contribution < 1.29 is 29.1 Å². The van der Waals surface area contributed by atoms with Crippen LogP contribution in [0.3, 0.4) is 0 Å². The molecule has 2 nitrogen and oxygen atoms in total. The van der Waals surface area contributed by atoms with Crippen LogP contribution in [0, 0.1) is 0 Å². The molecule has 0 saturated carbocycles. The molecule has 1 rings (SSSR count). The van der Waals surface area contributed by atoms with Gasteiger partial charge in [-0.2, -0.15) is 0 Å². The van der Waals surface area contributed by atoms with Crippen molar-refractivity contribution >= 4 is 0 Å². The summed E-state index contributed by atoms with van der Waals surface area (Å²) in [7, 11) is 0. The molecule has 9 heavy (non-hydrogen) atoms. The third kappa shape index (κ3) is 2.45. The van der Waals surface area contributed by atoms with Crippen LogP contribution in [0.15, 0.2) is 24.3 Å². The van der Waals surface area contributed by atoms with Crippen LogP contribution in [-0.2, 0) is 0 Å². The molecule has 0 aliphatic rings. The molecule has 3 heteroatoms. The van der Waals surface area contributed by atoms with Gasteiger partial charge < -0.3 is 10.2 Å². The second-order valence-electron chi connectivity index (χ2n) is 1.49. The van der Waals surface area contributed by atoms with E-state index >= 15 is 0 Å². The second-order valence-corrected chi connectivity index (χ2v) is 1.49. The largest absolute Gasteiger partial charge is 1.00 e. The molecular formula is C6H5LiO2. The van der Waals surface area contributed by atoms with E-state index in [1.165, 1.54) is 24.3 Å². The number of phenolic OH excluding ortho intramolecular Hbond substituents is 1. The first kappa shape index (κ1) is 8.42. The summed E-state index contributed by atoms with van der Waals surface area (Å²) >= 11 is 0. The van der Waals surface area contributed by atoms with E-state index in [-0.39, 0.29) is 30.4 Å². The van der Waals surface area contributed by atoms with Crippen LogP contribution in [0.25, 0.3) is 0 Å². The third-order valence-corrected chi connectivity index (χ3v) is 0.837. The van der Waals surface area contributed by atoms with Crippen LogP contribution in [0.4, 0.5) is 0 Å². The third-order valence-electron chi connectivity index (χ3n) is 0.837. The van der Waals surface area contributed by atoms with Gasteiger partial charge in [-0.15, -0.1) is 5.75 Å². The molecule has 0 radical (unpaired) electrons. The quantitative estimate of drug-likeness (QED) is 0.380. The summed E-state index contributed by atoms with van der Waals surface area (Å²) in [4.78, 5) is 0. The van der Waals surface area contributed by atoms with E-state index < -0.39 is 0 Å². The number of hydrogen-bond acceptors (Lipinski definition) is 2. The van der Waals surface area contributed by atoms with Gasteiger partial charge in [-0.1, -0.05) is 12.1 Å². The van der Waals surface area contributed by atoms with Crippen molar-refractivity contribution in [3.63, 3.8) is 0 Å². The number of hydrogen-bond donors (Lipinski definition) is 1. The van der Waals surface area contributed by atoms with Gasteiger partial charge in [-0.25, -0.2) is 0 Å². The monoisotopic (exact) mass is 116 g/mol. The molecule has 0 aliphatic carbocycles. The fraction of sp³-hybridized carbons (Fsp3) is 0. The molecule has 0 atom stereocenters. The molecule has 1 N–H and O–H groups in total. The SMILES string of the molecule is [Li+].[O-]c1ccc(O)cc1. The van der Waals surface area contributed by atoms with E-state index in [2.05, 4.69) is 0 Å². The van der Waals surface area contributed by atoms with Crippen LogP contribution in [0.1, 0.15) is 0 Å². The Morgan fingerprint density at radius 1 is 1.11 bits per heavy atom. The molecule has 0 aromatic heterocycles. The fourth-order valence-corrected chi connectivity index (χ4v) is 0.446. The Morgan fingerprint density at radius 2 is 1.56 bits per heavy atom. The zero-order valence-corrected chi connectivity index (χ0v) is 5.16. The summed E-state index contributed by atoms with van der Waals surface area (Å²) in [5, 5.41) is 18.9. The van der Waals surface area contributed by atoms with Crippen LogP contribution < -0.4 is 24.0 Å². The Morgan fingerprint density at radius 3 is 1.89 bits per heavy atom. The van der Waals surface area contributed by atoms with E-state index in [0.29, 0.717) is 0 Å². The average molecular weight is 116 g/mol. The number of phenols is 1. The number of aromatic hydroxyl groups is 1. The van der Waals surface area contributed by atoms with Crippen LogP contribution >= 0.6 is 0 Å². The van der Waals surface area contributed by atoms with Gasteiger partial charge in [0.25, 0.3) is 0 Å². The summed E-state index contributed by atoms with van der Waals surface area (Å²) in [6.07, 6.45) is 0. The predicted molar refractivity (Wildman–Crippen MR) is 27.6 cm³/mol. The van der Waals surface area contributed by atoms with Crippen molar-refractivity contribution in [3.05, 3.63) is 24.3 Å². The molecular weight excluding hydrogens is 111 g/mol. The zero-order valence-electron chi connectivity index (χ0n) is 5.16. The first-order valence-corrected chi connectivity index (χ1v) is 2.25. The molecule has 0 unspecified atom stereocenters. The Labute approximate surface area is 65.3 Å². The van der Waals surface area contributed by atoms with Crippen molar-refractivity contribution in [3.8, 4) is 11.5 Å². The van der Waals surface area contributed by atoms with E-state index in [9.17, 15) is 5.11 Å². The molecule has 0 saturated heterocycles. The predicted octanol–water partition coefficient (Wildman–Crippen LogP) is -2.53. The van der Waals surface area contributed by atoms with Gasteiger partial charge in [0.1, 0.15) is 5.75 Å². The molecule has 0 spiro atoms. The van der Waals surface area contributed by atoms with Gasteiger partial charge in [0.05, 0.1) is 0 Å². The molecule has 0 aliphatic heterocycles. The van der Waals surface area contributed by atoms with Crippen LogP contribution in [-0.4, -0.2) is 5.11 Å². The standard InChI is InChI=1S/C6H6O2.Li/c7-5-1-2-6(8)4-3-5;/h1-4,7-8H;/q;+1/p-1. The number of benzene rings is 1. The second kappa shape index (κ2) is 3.44. The van der Waals surface area contributed by atoms with Gasteiger partial charge in [-0.05, 0) is 12.1 Å². The molecule has 0 fully saturated rings. The minimum atomic E-state index is -0.0807. The van der Waals surface area contributed by atoms with Gasteiger partial charge >= 0.3 is 18.9 Å². The maximum absolute atomic E-state index is 10.3. The van der Waals surface area contributed by atoms with E-state index in [1.54, 1.807) is 0 Å². The molecule has 0 bridgehead atoms. The Hall–Kier alpha value is -0.583. The Balaban J connectivity index is 0.000000640. The minimum Gasteiger partial charge on any atom is -0.872 e. The van der Waals surface area contributed by atoms with Gasteiger partial charge in [0.15, 0.2) is 0 Å². The smallest absolute Gasteiger partial charge is 0.872 e. The van der Waals surface area contributed by atoms with E-state index in [0.717, 1.165) is 0 Å². The van der Waals surface area contributed by atoms with Crippen molar-refractivity contribution in [1.82, 2.24) is 0 Å². The zero-order chi connectivity index (χ0) is 5.98. The summed E-state index contributed by atoms with van der Waals surface area (Å²) in [6.45, 7) is 0. The topological polar surface area (TPSA) is 43.3 Å². The average Bonchev–Trinajstić information content (AvgIpc) is 1.77. The Bertz CT molecular complexity index is 150. The number of rotatable bonds is 0. The van der Waals surface area contributed by atoms with Crippen LogP contribution in [0.5, 0.6) is 11.5 Å². The van der Waals surface area contributed by atoms with Crippen molar-refractivity contribution in [2.75, 3.05) is 0 Å². The minimum absolute atomic E-state index is 0. The van der Waals surface area contributed by atoms with E-state index in [1.807, 2.05) is 0 Å². The summed E-state index contributed by atoms with van der Waals surface area (Å²) < 4.78 is 0. The van der Waals surface area contributed by atoms with Crippen molar-refractivity contribution in [2.24, 2.45) is 0 Å². The first-order chi connectivity index (χ1) is 3.79. The molecule has 0 heterocycles. The maximum atomic E-state index is 10.3. The van der Waals surface area contributed by atoms with Crippen LogP contribution in [0.2, 0.25) is 0 Å².